The van der Waals surface area contributed by atoms with Crippen LogP contribution in [0.5, 0.6) is 0 Å². The first-order valence-corrected chi connectivity index (χ1v) is 8.52. The summed E-state index contributed by atoms with van der Waals surface area (Å²) >= 11 is 0. The highest BCUT2D eigenvalue weighted by Crippen LogP contribution is 2.36. The van der Waals surface area contributed by atoms with Crippen molar-refractivity contribution in [2.24, 2.45) is 0 Å². The number of likely N-dealkylation sites (tertiary alicyclic amines) is 1. The van der Waals surface area contributed by atoms with Crippen LogP contribution in [0.3, 0.4) is 0 Å². The molecule has 3 heterocycles. The Hall–Kier alpha value is -1.57. The van der Waals surface area contributed by atoms with Gasteiger partial charge < -0.3 is 19.1 Å². The number of ether oxygens (including phenoxy) is 3. The number of rotatable bonds is 5. The highest BCUT2D eigenvalue weighted by atomic mass is 16.5. The van der Waals surface area contributed by atoms with Crippen LogP contribution in [-0.4, -0.2) is 72.5 Å². The molecule has 1 unspecified atom stereocenters. The molecular weight excluding hydrogens is 310 g/mol. The molecule has 0 bridgehead atoms. The van der Waals surface area contributed by atoms with Gasteiger partial charge in [-0.05, 0) is 19.3 Å². The van der Waals surface area contributed by atoms with Gasteiger partial charge in [-0.15, -0.1) is 0 Å². The van der Waals surface area contributed by atoms with Crippen molar-refractivity contribution >= 4 is 5.91 Å². The molecule has 0 N–H and O–H groups in total. The Balaban J connectivity index is 1.53. The topological polar surface area (TPSA) is 73.8 Å². The molecule has 1 aromatic rings. The molecule has 2 aliphatic heterocycles. The predicted octanol–water partition coefficient (Wildman–Crippen LogP) is 1.29. The van der Waals surface area contributed by atoms with Crippen molar-refractivity contribution < 1.29 is 19.0 Å². The van der Waals surface area contributed by atoms with Crippen molar-refractivity contribution in [2.75, 3.05) is 40.0 Å². The fourth-order valence-electron chi connectivity index (χ4n) is 3.46. The van der Waals surface area contributed by atoms with Gasteiger partial charge in [0.05, 0.1) is 31.1 Å². The third-order valence-electron chi connectivity index (χ3n) is 4.83. The number of amides is 1. The minimum Gasteiger partial charge on any atom is -0.382 e. The lowest BCUT2D eigenvalue weighted by Crippen LogP contribution is -2.52. The molecule has 1 atom stereocenters. The Morgan fingerprint density at radius 2 is 2.21 bits per heavy atom. The van der Waals surface area contributed by atoms with Crippen molar-refractivity contribution in [1.29, 1.82) is 0 Å². The maximum Gasteiger partial charge on any atom is 0.274 e. The van der Waals surface area contributed by atoms with E-state index in [4.69, 9.17) is 14.2 Å². The zero-order chi connectivity index (χ0) is 16.8. The average molecular weight is 335 g/mol. The van der Waals surface area contributed by atoms with Crippen LogP contribution < -0.4 is 0 Å². The molecule has 1 spiro atoms. The lowest BCUT2D eigenvalue weighted by atomic mass is 9.83. The van der Waals surface area contributed by atoms with Gasteiger partial charge in [0.15, 0.2) is 0 Å². The summed E-state index contributed by atoms with van der Waals surface area (Å²) < 4.78 is 17.0. The average Bonchev–Trinajstić information content (AvgIpc) is 2.63. The largest absolute Gasteiger partial charge is 0.382 e. The van der Waals surface area contributed by atoms with E-state index in [9.17, 15) is 4.79 Å². The van der Waals surface area contributed by atoms with Gasteiger partial charge in [0.25, 0.3) is 5.91 Å². The maximum absolute atomic E-state index is 12.5. The molecule has 7 heteroatoms. The van der Waals surface area contributed by atoms with Crippen LogP contribution in [0.25, 0.3) is 0 Å². The third-order valence-corrected chi connectivity index (χ3v) is 4.83. The van der Waals surface area contributed by atoms with E-state index in [0.29, 0.717) is 32.0 Å². The third kappa shape index (κ3) is 4.09. The Kier molecular flexibility index (Phi) is 5.76. The highest BCUT2D eigenvalue weighted by molar-refractivity contribution is 5.92. The summed E-state index contributed by atoms with van der Waals surface area (Å²) in [5.41, 5.74) is 0.244. The van der Waals surface area contributed by atoms with Crippen LogP contribution in [0.4, 0.5) is 0 Å². The molecule has 1 aromatic heterocycles. The first kappa shape index (κ1) is 17.3. The second-order valence-corrected chi connectivity index (χ2v) is 6.39. The number of carbonyl (C=O) groups is 1. The Morgan fingerprint density at radius 1 is 1.38 bits per heavy atom. The van der Waals surface area contributed by atoms with Crippen molar-refractivity contribution in [3.05, 3.63) is 24.3 Å². The second kappa shape index (κ2) is 8.00. The van der Waals surface area contributed by atoms with Crippen LogP contribution in [0.2, 0.25) is 0 Å². The Labute approximate surface area is 142 Å². The Morgan fingerprint density at radius 3 is 2.92 bits per heavy atom. The van der Waals surface area contributed by atoms with Gasteiger partial charge in [-0.1, -0.05) is 0 Å². The fraction of sp³-hybridized carbons (Fsp3) is 0.706. The summed E-state index contributed by atoms with van der Waals surface area (Å²) in [6, 6.07) is 0. The molecule has 7 nitrogen and oxygen atoms in total. The first-order valence-electron chi connectivity index (χ1n) is 8.52. The van der Waals surface area contributed by atoms with Crippen LogP contribution in [0.15, 0.2) is 18.6 Å². The number of piperidine rings is 1. The summed E-state index contributed by atoms with van der Waals surface area (Å²) in [6.45, 7) is 3.31. The van der Waals surface area contributed by atoms with E-state index in [-0.39, 0.29) is 17.6 Å². The smallest absolute Gasteiger partial charge is 0.274 e. The summed E-state index contributed by atoms with van der Waals surface area (Å²) in [7, 11) is 1.68. The lowest BCUT2D eigenvalue weighted by Gasteiger charge is -2.46. The summed E-state index contributed by atoms with van der Waals surface area (Å²) in [5, 5.41) is 0. The first-order chi connectivity index (χ1) is 11.7. The molecule has 0 radical (unpaired) electrons. The lowest BCUT2D eigenvalue weighted by molar-refractivity contribution is -0.154. The number of hydrogen-bond acceptors (Lipinski definition) is 6. The van der Waals surface area contributed by atoms with E-state index in [1.54, 1.807) is 19.5 Å². The second-order valence-electron chi connectivity index (χ2n) is 6.39. The van der Waals surface area contributed by atoms with Gasteiger partial charge in [0.2, 0.25) is 0 Å². The van der Waals surface area contributed by atoms with E-state index in [1.165, 1.54) is 6.20 Å². The molecule has 2 saturated heterocycles. The van der Waals surface area contributed by atoms with Crippen molar-refractivity contribution in [2.45, 2.75) is 37.4 Å². The van der Waals surface area contributed by atoms with Gasteiger partial charge in [0.1, 0.15) is 5.69 Å². The molecule has 3 rings (SSSR count). The molecule has 24 heavy (non-hydrogen) atoms. The normalized spacial score (nSPS) is 23.4. The zero-order valence-electron chi connectivity index (χ0n) is 14.1. The van der Waals surface area contributed by atoms with E-state index in [1.807, 2.05) is 4.90 Å². The number of carbonyl (C=O) groups excluding carboxylic acids is 1. The van der Waals surface area contributed by atoms with Gasteiger partial charge in [0, 0.05) is 45.6 Å². The molecule has 2 aliphatic rings. The molecule has 0 saturated carbocycles. The molecule has 132 valence electrons. The number of aromatic nitrogens is 2. The van der Waals surface area contributed by atoms with E-state index >= 15 is 0 Å². The van der Waals surface area contributed by atoms with Gasteiger partial charge in [-0.25, -0.2) is 4.98 Å². The molecule has 0 aliphatic carbocycles. The number of hydrogen-bond donors (Lipinski definition) is 0. The summed E-state index contributed by atoms with van der Waals surface area (Å²) in [5.74, 6) is -0.0540. The van der Waals surface area contributed by atoms with Gasteiger partial charge >= 0.3 is 0 Å². The molecule has 0 aromatic carbocycles. The number of nitrogens with zero attached hydrogens (tertiary/aromatic N) is 3. The van der Waals surface area contributed by atoms with Crippen LogP contribution in [0.1, 0.15) is 36.2 Å². The molecule has 1 amide bonds. The number of methoxy groups -OCH3 is 1. The molecule has 2 fully saturated rings. The minimum atomic E-state index is -0.158. The van der Waals surface area contributed by atoms with Crippen LogP contribution in [-0.2, 0) is 14.2 Å². The van der Waals surface area contributed by atoms with Gasteiger partial charge in [-0.3, -0.25) is 9.78 Å². The summed E-state index contributed by atoms with van der Waals surface area (Å²) in [4.78, 5) is 22.4. The van der Waals surface area contributed by atoms with Crippen LogP contribution >= 0.6 is 0 Å². The van der Waals surface area contributed by atoms with Gasteiger partial charge in [-0.2, -0.15) is 0 Å². The zero-order valence-corrected chi connectivity index (χ0v) is 14.1. The molecular formula is C17H25N3O4. The van der Waals surface area contributed by atoms with E-state index in [0.717, 1.165) is 32.3 Å². The van der Waals surface area contributed by atoms with Crippen molar-refractivity contribution in [3.63, 3.8) is 0 Å². The van der Waals surface area contributed by atoms with Crippen molar-refractivity contribution in [1.82, 2.24) is 14.9 Å². The van der Waals surface area contributed by atoms with E-state index in [2.05, 4.69) is 9.97 Å². The monoisotopic (exact) mass is 335 g/mol. The van der Waals surface area contributed by atoms with Crippen molar-refractivity contribution in [3.8, 4) is 0 Å². The Bertz CT molecular complexity index is 532. The predicted molar refractivity (Wildman–Crippen MR) is 86.7 cm³/mol. The maximum atomic E-state index is 12.5. The quantitative estimate of drug-likeness (QED) is 0.755. The summed E-state index contributed by atoms with van der Waals surface area (Å²) in [6.07, 6.45) is 8.34. The fourth-order valence-corrected chi connectivity index (χ4v) is 3.46. The SMILES string of the molecule is COCCOC1CCOC2(CCN(C(=O)c3cnccn3)CC2)C1. The minimum absolute atomic E-state index is 0.0540. The standard InChI is InChI=1S/C17H25N3O4/c1-22-10-11-23-14-2-9-24-17(12-14)3-7-20(8-4-17)16(21)15-13-18-5-6-19-15/h5-6,13-14H,2-4,7-12H2,1H3. The van der Waals surface area contributed by atoms with E-state index < -0.39 is 0 Å². The highest BCUT2D eigenvalue weighted by Gasteiger charge is 2.41. The van der Waals surface area contributed by atoms with Crippen LogP contribution in [0, 0.1) is 0 Å².